The second kappa shape index (κ2) is 12.2. The largest absolute Gasteiger partial charge is 0.463 e. The molecule has 0 bridgehead atoms. The number of carbonyl (C=O) groups is 4. The third kappa shape index (κ3) is 8.61. The zero-order valence-corrected chi connectivity index (χ0v) is 17.1. The maximum atomic E-state index is 11.7. The minimum Gasteiger partial charge on any atom is -0.463 e. The van der Waals surface area contributed by atoms with Crippen LogP contribution in [0.15, 0.2) is 12.7 Å². The molecule has 10 nitrogen and oxygen atoms in total. The van der Waals surface area contributed by atoms with Crippen LogP contribution in [-0.4, -0.2) is 67.8 Å². The van der Waals surface area contributed by atoms with Gasteiger partial charge in [-0.2, -0.15) is 0 Å². The van der Waals surface area contributed by atoms with E-state index in [2.05, 4.69) is 6.58 Å². The molecule has 10 heteroatoms. The molecular weight excluding hydrogens is 388 g/mol. The van der Waals surface area contributed by atoms with E-state index in [0.29, 0.717) is 12.8 Å². The molecule has 5 atom stereocenters. The van der Waals surface area contributed by atoms with Gasteiger partial charge in [0.05, 0.1) is 6.61 Å². The highest BCUT2D eigenvalue weighted by atomic mass is 16.7. The van der Waals surface area contributed by atoms with Crippen molar-refractivity contribution in [3.05, 3.63) is 12.7 Å². The zero-order valence-electron chi connectivity index (χ0n) is 17.1. The highest BCUT2D eigenvalue weighted by molar-refractivity contribution is 5.68. The summed E-state index contributed by atoms with van der Waals surface area (Å²) in [6.45, 7) is 8.27. The van der Waals surface area contributed by atoms with E-state index in [-0.39, 0.29) is 13.2 Å². The van der Waals surface area contributed by atoms with Crippen LogP contribution >= 0.6 is 0 Å². The number of carbonyl (C=O) groups excluding carboxylic acids is 4. The van der Waals surface area contributed by atoms with E-state index >= 15 is 0 Å². The average molecular weight is 416 g/mol. The zero-order chi connectivity index (χ0) is 22.0. The van der Waals surface area contributed by atoms with E-state index in [1.807, 2.05) is 0 Å². The summed E-state index contributed by atoms with van der Waals surface area (Å²) in [5.74, 6) is -2.63. The Balaban J connectivity index is 3.19. The predicted molar refractivity (Wildman–Crippen MR) is 97.3 cm³/mol. The van der Waals surface area contributed by atoms with E-state index < -0.39 is 54.6 Å². The van der Waals surface area contributed by atoms with Crippen molar-refractivity contribution in [1.82, 2.24) is 0 Å². The first-order valence-corrected chi connectivity index (χ1v) is 9.18. The topological polar surface area (TPSA) is 124 Å². The Morgan fingerprint density at radius 3 is 1.93 bits per heavy atom. The summed E-state index contributed by atoms with van der Waals surface area (Å²) in [5, 5.41) is 0. The van der Waals surface area contributed by atoms with Crippen molar-refractivity contribution in [2.24, 2.45) is 0 Å². The summed E-state index contributed by atoms with van der Waals surface area (Å²) in [4.78, 5) is 46.1. The molecule has 0 aromatic carbocycles. The van der Waals surface area contributed by atoms with E-state index in [1.54, 1.807) is 6.08 Å². The summed E-state index contributed by atoms with van der Waals surface area (Å²) in [6.07, 6.45) is -2.73. The van der Waals surface area contributed by atoms with Gasteiger partial charge in [0.15, 0.2) is 24.6 Å². The van der Waals surface area contributed by atoms with Crippen molar-refractivity contribution in [1.29, 1.82) is 0 Å². The molecule has 1 rings (SSSR count). The van der Waals surface area contributed by atoms with E-state index in [4.69, 9.17) is 28.4 Å². The predicted octanol–water partition coefficient (Wildman–Crippen LogP) is 1.05. The lowest BCUT2D eigenvalue weighted by Gasteiger charge is -2.44. The quantitative estimate of drug-likeness (QED) is 0.221. The fourth-order valence-electron chi connectivity index (χ4n) is 2.75. The van der Waals surface area contributed by atoms with Crippen LogP contribution in [0.3, 0.4) is 0 Å². The van der Waals surface area contributed by atoms with Crippen molar-refractivity contribution >= 4 is 23.9 Å². The lowest BCUT2D eigenvalue weighted by molar-refractivity contribution is -0.308. The van der Waals surface area contributed by atoms with Gasteiger partial charge < -0.3 is 28.4 Å². The number of unbranched alkanes of at least 4 members (excludes halogenated alkanes) is 1. The molecule has 1 aliphatic heterocycles. The van der Waals surface area contributed by atoms with Crippen LogP contribution in [0.2, 0.25) is 0 Å². The van der Waals surface area contributed by atoms with Gasteiger partial charge in [-0.3, -0.25) is 19.2 Å². The van der Waals surface area contributed by atoms with Gasteiger partial charge >= 0.3 is 23.9 Å². The van der Waals surface area contributed by atoms with Gasteiger partial charge in [-0.1, -0.05) is 6.08 Å². The molecule has 3 unspecified atom stereocenters. The highest BCUT2D eigenvalue weighted by Crippen LogP contribution is 2.30. The molecule has 0 radical (unpaired) electrons. The molecule has 0 aromatic rings. The molecule has 0 spiro atoms. The van der Waals surface area contributed by atoms with Crippen molar-refractivity contribution in [2.45, 2.75) is 71.2 Å². The molecule has 0 N–H and O–H groups in total. The summed E-state index contributed by atoms with van der Waals surface area (Å²) >= 11 is 0. The first-order valence-electron chi connectivity index (χ1n) is 9.18. The third-order valence-corrected chi connectivity index (χ3v) is 3.78. The van der Waals surface area contributed by atoms with Gasteiger partial charge in [-0.15, -0.1) is 6.58 Å². The Bertz CT molecular complexity index is 602. The van der Waals surface area contributed by atoms with Crippen molar-refractivity contribution in [3.8, 4) is 0 Å². The maximum absolute atomic E-state index is 11.7. The lowest BCUT2D eigenvalue weighted by atomic mass is 9.98. The molecule has 1 saturated heterocycles. The standard InChI is InChI=1S/C19H28O10/c1-6-7-8-9-24-19-18(28-14(5)23)17(27-13(4)22)16(26-12(3)21)15(29-19)10-25-11(2)20/h6,15-19H,1,7-10H2,2-5H3/t15?,16-,17?,18?,19+/m0/s1. The molecule has 0 amide bonds. The first-order chi connectivity index (χ1) is 13.6. The number of ether oxygens (including phenoxy) is 6. The minimum absolute atomic E-state index is 0.236. The summed E-state index contributed by atoms with van der Waals surface area (Å²) in [7, 11) is 0. The van der Waals surface area contributed by atoms with Crippen LogP contribution in [0.1, 0.15) is 40.5 Å². The molecular formula is C19H28O10. The molecule has 0 aromatic heterocycles. The van der Waals surface area contributed by atoms with Crippen LogP contribution < -0.4 is 0 Å². The second-order valence-electron chi connectivity index (χ2n) is 6.37. The lowest BCUT2D eigenvalue weighted by Crippen LogP contribution is -2.63. The minimum atomic E-state index is -1.22. The van der Waals surface area contributed by atoms with Crippen molar-refractivity contribution < 1.29 is 47.6 Å². The van der Waals surface area contributed by atoms with Crippen LogP contribution in [0.5, 0.6) is 0 Å². The van der Waals surface area contributed by atoms with Gasteiger partial charge in [0.25, 0.3) is 0 Å². The molecule has 0 aliphatic carbocycles. The number of hydrogen-bond donors (Lipinski definition) is 0. The molecule has 1 heterocycles. The fraction of sp³-hybridized carbons (Fsp3) is 0.684. The number of esters is 4. The van der Waals surface area contributed by atoms with Crippen LogP contribution in [-0.2, 0) is 47.6 Å². The summed E-state index contributed by atoms with van der Waals surface area (Å²) in [6, 6.07) is 0. The number of rotatable bonds is 10. The maximum Gasteiger partial charge on any atom is 0.303 e. The SMILES string of the molecule is C=CCCCO[C@@H]1OC(COC(C)=O)[C@H](OC(C)=O)C(OC(C)=O)C1OC(C)=O. The summed E-state index contributed by atoms with van der Waals surface area (Å²) in [5.41, 5.74) is 0. The summed E-state index contributed by atoms with van der Waals surface area (Å²) < 4.78 is 32.3. The molecule has 164 valence electrons. The Hall–Kier alpha value is -2.46. The van der Waals surface area contributed by atoms with Crippen LogP contribution in [0, 0.1) is 0 Å². The van der Waals surface area contributed by atoms with E-state index in [0.717, 1.165) is 13.8 Å². The Morgan fingerprint density at radius 1 is 0.862 bits per heavy atom. The van der Waals surface area contributed by atoms with Crippen LogP contribution in [0.4, 0.5) is 0 Å². The van der Waals surface area contributed by atoms with Gasteiger partial charge in [0.1, 0.15) is 12.7 Å². The Labute approximate surface area is 169 Å². The van der Waals surface area contributed by atoms with Crippen molar-refractivity contribution in [2.75, 3.05) is 13.2 Å². The number of hydrogen-bond acceptors (Lipinski definition) is 10. The first kappa shape index (κ1) is 24.6. The van der Waals surface area contributed by atoms with E-state index in [1.165, 1.54) is 13.8 Å². The van der Waals surface area contributed by atoms with Gasteiger partial charge in [0.2, 0.25) is 0 Å². The Kier molecular flexibility index (Phi) is 10.3. The van der Waals surface area contributed by atoms with Crippen LogP contribution in [0.25, 0.3) is 0 Å². The Morgan fingerprint density at radius 2 is 1.41 bits per heavy atom. The van der Waals surface area contributed by atoms with Crippen molar-refractivity contribution in [3.63, 3.8) is 0 Å². The molecule has 1 aliphatic rings. The normalized spacial score (nSPS) is 26.1. The second-order valence-corrected chi connectivity index (χ2v) is 6.37. The number of allylic oxidation sites excluding steroid dienone is 1. The van der Waals surface area contributed by atoms with Gasteiger partial charge in [-0.25, -0.2) is 0 Å². The third-order valence-electron chi connectivity index (χ3n) is 3.78. The van der Waals surface area contributed by atoms with E-state index in [9.17, 15) is 19.2 Å². The monoisotopic (exact) mass is 416 g/mol. The average Bonchev–Trinajstić information content (AvgIpc) is 2.60. The molecule has 29 heavy (non-hydrogen) atoms. The smallest absolute Gasteiger partial charge is 0.303 e. The fourth-order valence-corrected chi connectivity index (χ4v) is 2.75. The highest BCUT2D eigenvalue weighted by Gasteiger charge is 2.52. The molecule has 1 fully saturated rings. The molecule has 0 saturated carbocycles. The van der Waals surface area contributed by atoms with Gasteiger partial charge in [0, 0.05) is 27.7 Å². The van der Waals surface area contributed by atoms with Gasteiger partial charge in [-0.05, 0) is 12.8 Å².